The first kappa shape index (κ1) is 9.95. The molecule has 1 rings (SSSR count). The van der Waals surface area contributed by atoms with Crippen molar-refractivity contribution >= 4 is 23.3 Å². The van der Waals surface area contributed by atoms with Crippen molar-refractivity contribution in [2.75, 3.05) is 18.9 Å². The molecule has 0 saturated heterocycles. The maximum absolute atomic E-state index is 11.1. The van der Waals surface area contributed by atoms with E-state index in [1.807, 2.05) is 0 Å². The highest BCUT2D eigenvalue weighted by atomic mass is 35.5. The van der Waals surface area contributed by atoms with Crippen LogP contribution in [0.1, 0.15) is 0 Å². The van der Waals surface area contributed by atoms with Gasteiger partial charge in [0.1, 0.15) is 5.82 Å². The molecule has 5 heteroatoms. The van der Waals surface area contributed by atoms with Crippen LogP contribution in [0.25, 0.3) is 0 Å². The van der Waals surface area contributed by atoms with Crippen LogP contribution in [0.2, 0.25) is 5.02 Å². The van der Waals surface area contributed by atoms with Crippen molar-refractivity contribution in [3.05, 3.63) is 23.4 Å². The zero-order valence-electron chi connectivity index (χ0n) is 7.17. The van der Waals surface area contributed by atoms with E-state index in [1.165, 1.54) is 6.20 Å². The second-order valence-electron chi connectivity index (χ2n) is 2.44. The minimum Gasteiger partial charge on any atom is -0.311 e. The summed E-state index contributed by atoms with van der Waals surface area (Å²) in [5.74, 6) is 0.377. The third kappa shape index (κ3) is 3.40. The Balaban J connectivity index is 2.54. The van der Waals surface area contributed by atoms with Crippen LogP contribution in [0.4, 0.5) is 5.82 Å². The minimum atomic E-state index is -0.127. The normalized spacial score (nSPS) is 9.69. The molecule has 0 aliphatic heterocycles. The maximum atomic E-state index is 11.1. The number of nitrogens with zero attached hydrogens (tertiary/aromatic N) is 1. The lowest BCUT2D eigenvalue weighted by Gasteiger charge is -2.02. The number of nitrogens with one attached hydrogen (secondary N) is 2. The zero-order valence-corrected chi connectivity index (χ0v) is 7.93. The lowest BCUT2D eigenvalue weighted by atomic mass is 10.4. The first-order valence-corrected chi connectivity index (χ1v) is 4.16. The first-order valence-electron chi connectivity index (χ1n) is 3.78. The van der Waals surface area contributed by atoms with Crippen molar-refractivity contribution in [1.82, 2.24) is 10.3 Å². The Morgan fingerprint density at radius 1 is 1.62 bits per heavy atom. The summed E-state index contributed by atoms with van der Waals surface area (Å²) < 4.78 is 0. The number of amides is 1. The van der Waals surface area contributed by atoms with E-state index in [1.54, 1.807) is 19.2 Å². The molecule has 0 saturated carbocycles. The van der Waals surface area contributed by atoms with Gasteiger partial charge >= 0.3 is 0 Å². The average Bonchev–Trinajstić information content (AvgIpc) is 2.09. The largest absolute Gasteiger partial charge is 0.311 e. The summed E-state index contributed by atoms with van der Waals surface area (Å²) in [6.07, 6.45) is 1.48. The van der Waals surface area contributed by atoms with Crippen LogP contribution in [0.15, 0.2) is 18.3 Å². The molecule has 2 N–H and O–H groups in total. The van der Waals surface area contributed by atoms with Gasteiger partial charge in [-0.25, -0.2) is 4.98 Å². The first-order chi connectivity index (χ1) is 6.22. The zero-order chi connectivity index (χ0) is 9.68. The fourth-order valence-corrected chi connectivity index (χ4v) is 0.909. The molecule has 0 fully saturated rings. The standard InChI is InChI=1S/C8H10ClN3O/c1-10-5-8(13)12-7-3-2-6(9)4-11-7/h2-4,10H,5H2,1H3,(H,11,12,13). The van der Waals surface area contributed by atoms with E-state index in [0.717, 1.165) is 0 Å². The van der Waals surface area contributed by atoms with Gasteiger partial charge in [-0.05, 0) is 19.2 Å². The highest BCUT2D eigenvalue weighted by molar-refractivity contribution is 6.30. The van der Waals surface area contributed by atoms with Gasteiger partial charge in [0.25, 0.3) is 0 Å². The van der Waals surface area contributed by atoms with Crippen LogP contribution in [0, 0.1) is 0 Å². The molecule has 70 valence electrons. The Kier molecular flexibility index (Phi) is 3.67. The monoisotopic (exact) mass is 199 g/mol. The fraction of sp³-hybridized carbons (Fsp3) is 0.250. The van der Waals surface area contributed by atoms with Crippen LogP contribution in [-0.2, 0) is 4.79 Å². The van der Waals surface area contributed by atoms with E-state index < -0.39 is 0 Å². The Morgan fingerprint density at radius 3 is 2.92 bits per heavy atom. The molecule has 0 aromatic carbocycles. The molecule has 1 amide bonds. The SMILES string of the molecule is CNCC(=O)Nc1ccc(Cl)cn1. The number of aromatic nitrogens is 1. The Hall–Kier alpha value is -1.13. The van der Waals surface area contributed by atoms with Crippen molar-refractivity contribution in [2.45, 2.75) is 0 Å². The van der Waals surface area contributed by atoms with Gasteiger partial charge in [0.05, 0.1) is 11.6 Å². The number of hydrogen-bond acceptors (Lipinski definition) is 3. The molecule has 1 aromatic rings. The van der Waals surface area contributed by atoms with Crippen molar-refractivity contribution in [2.24, 2.45) is 0 Å². The van der Waals surface area contributed by atoms with Crippen molar-refractivity contribution < 1.29 is 4.79 Å². The molecular formula is C8H10ClN3O. The van der Waals surface area contributed by atoms with E-state index >= 15 is 0 Å². The molecule has 4 nitrogen and oxygen atoms in total. The van der Waals surface area contributed by atoms with Gasteiger partial charge in [-0.2, -0.15) is 0 Å². The predicted molar refractivity (Wildman–Crippen MR) is 51.8 cm³/mol. The topological polar surface area (TPSA) is 54.0 Å². The van der Waals surface area contributed by atoms with Crippen molar-refractivity contribution in [3.63, 3.8) is 0 Å². The summed E-state index contributed by atoms with van der Waals surface area (Å²) in [4.78, 5) is 15.0. The molecule has 0 bridgehead atoms. The van der Waals surface area contributed by atoms with Gasteiger partial charge in [-0.1, -0.05) is 11.6 Å². The third-order valence-corrected chi connectivity index (χ3v) is 1.56. The summed E-state index contributed by atoms with van der Waals surface area (Å²) in [6.45, 7) is 0.268. The third-order valence-electron chi connectivity index (χ3n) is 1.33. The van der Waals surface area contributed by atoms with Crippen LogP contribution in [0.3, 0.4) is 0 Å². The Morgan fingerprint density at radius 2 is 2.38 bits per heavy atom. The number of carbonyl (C=O) groups is 1. The minimum absolute atomic E-state index is 0.127. The number of halogens is 1. The summed E-state index contributed by atoms with van der Waals surface area (Å²) in [5, 5.41) is 5.88. The molecule has 0 aliphatic carbocycles. The van der Waals surface area contributed by atoms with Crippen molar-refractivity contribution in [3.8, 4) is 0 Å². The molecule has 1 heterocycles. The van der Waals surface area contributed by atoms with Gasteiger partial charge < -0.3 is 10.6 Å². The average molecular weight is 200 g/mol. The summed E-state index contributed by atoms with van der Waals surface area (Å²) >= 11 is 5.62. The van der Waals surface area contributed by atoms with E-state index in [2.05, 4.69) is 15.6 Å². The van der Waals surface area contributed by atoms with Gasteiger partial charge in [0, 0.05) is 6.20 Å². The molecule has 0 radical (unpaired) electrons. The van der Waals surface area contributed by atoms with Crippen LogP contribution in [0.5, 0.6) is 0 Å². The summed E-state index contributed by atoms with van der Waals surface area (Å²) in [6, 6.07) is 3.32. The molecule has 0 atom stereocenters. The number of hydrogen-bond donors (Lipinski definition) is 2. The molecule has 13 heavy (non-hydrogen) atoms. The Labute approximate surface area is 81.3 Å². The van der Waals surface area contributed by atoms with E-state index in [4.69, 9.17) is 11.6 Å². The lowest BCUT2D eigenvalue weighted by molar-refractivity contribution is -0.115. The van der Waals surface area contributed by atoms with Crippen LogP contribution >= 0.6 is 11.6 Å². The van der Waals surface area contributed by atoms with E-state index in [9.17, 15) is 4.79 Å². The number of rotatable bonds is 3. The highest BCUT2D eigenvalue weighted by Gasteiger charge is 2.00. The molecular weight excluding hydrogens is 190 g/mol. The molecule has 0 unspecified atom stereocenters. The summed E-state index contributed by atoms with van der Waals surface area (Å²) in [5.41, 5.74) is 0. The number of pyridine rings is 1. The lowest BCUT2D eigenvalue weighted by Crippen LogP contribution is -2.25. The van der Waals surface area contributed by atoms with E-state index in [0.29, 0.717) is 10.8 Å². The predicted octanol–water partition coefficient (Wildman–Crippen LogP) is 0.893. The van der Waals surface area contributed by atoms with Gasteiger partial charge in [0.2, 0.25) is 5.91 Å². The number of carbonyl (C=O) groups excluding carboxylic acids is 1. The summed E-state index contributed by atoms with van der Waals surface area (Å²) in [7, 11) is 1.70. The Bertz CT molecular complexity index is 286. The number of anilines is 1. The van der Waals surface area contributed by atoms with Gasteiger partial charge in [0.15, 0.2) is 0 Å². The van der Waals surface area contributed by atoms with Crippen LogP contribution in [-0.4, -0.2) is 24.5 Å². The van der Waals surface area contributed by atoms with E-state index in [-0.39, 0.29) is 12.5 Å². The molecule has 0 aliphatic rings. The number of likely N-dealkylation sites (N-methyl/N-ethyl adjacent to an activating group) is 1. The van der Waals surface area contributed by atoms with Gasteiger partial charge in [-0.3, -0.25) is 4.79 Å². The fourth-order valence-electron chi connectivity index (χ4n) is 0.797. The quantitative estimate of drug-likeness (QED) is 0.761. The van der Waals surface area contributed by atoms with Crippen LogP contribution < -0.4 is 10.6 Å². The highest BCUT2D eigenvalue weighted by Crippen LogP contribution is 2.08. The maximum Gasteiger partial charge on any atom is 0.239 e. The van der Waals surface area contributed by atoms with Crippen molar-refractivity contribution in [1.29, 1.82) is 0 Å². The second kappa shape index (κ2) is 4.79. The molecule has 1 aromatic heterocycles. The van der Waals surface area contributed by atoms with Gasteiger partial charge in [-0.15, -0.1) is 0 Å². The smallest absolute Gasteiger partial charge is 0.239 e. The second-order valence-corrected chi connectivity index (χ2v) is 2.88. The molecule has 0 spiro atoms.